The van der Waals surface area contributed by atoms with Crippen LogP contribution in [0.25, 0.3) is 11.3 Å². The Morgan fingerprint density at radius 2 is 1.70 bits per heavy atom. The summed E-state index contributed by atoms with van der Waals surface area (Å²) in [4.78, 5) is 3.63. The van der Waals surface area contributed by atoms with Gasteiger partial charge in [-0.3, -0.25) is 0 Å². The molecular formula is C13H9F4NO2. The van der Waals surface area contributed by atoms with E-state index >= 15 is 0 Å². The Bertz CT molecular complexity index is 596. The molecule has 1 heterocycles. The van der Waals surface area contributed by atoms with Crippen molar-refractivity contribution in [2.75, 3.05) is 0 Å². The minimum atomic E-state index is -4.76. The van der Waals surface area contributed by atoms with Crippen LogP contribution in [0.1, 0.15) is 5.56 Å². The second-order valence-corrected chi connectivity index (χ2v) is 3.88. The molecule has 0 aliphatic heterocycles. The van der Waals surface area contributed by atoms with Crippen molar-refractivity contribution in [2.45, 2.75) is 13.0 Å². The van der Waals surface area contributed by atoms with Crippen LogP contribution in [0.4, 0.5) is 17.6 Å². The first-order chi connectivity index (χ1) is 9.39. The van der Waals surface area contributed by atoms with E-state index in [0.717, 1.165) is 12.1 Å². The number of halogens is 4. The van der Waals surface area contributed by atoms with Crippen molar-refractivity contribution in [1.29, 1.82) is 0 Å². The van der Waals surface area contributed by atoms with Crippen LogP contribution in [0.15, 0.2) is 36.4 Å². The zero-order valence-electron chi connectivity index (χ0n) is 9.99. The van der Waals surface area contributed by atoms with Gasteiger partial charge in [0.25, 0.3) is 0 Å². The number of aliphatic hydroxyl groups excluding tert-OH is 1. The maximum atomic E-state index is 13.4. The quantitative estimate of drug-likeness (QED) is 0.696. The highest BCUT2D eigenvalue weighted by molar-refractivity contribution is 5.60. The van der Waals surface area contributed by atoms with Gasteiger partial charge >= 0.3 is 6.36 Å². The van der Waals surface area contributed by atoms with Gasteiger partial charge in [0.05, 0.1) is 12.3 Å². The van der Waals surface area contributed by atoms with Gasteiger partial charge in [0.2, 0.25) is 5.95 Å². The van der Waals surface area contributed by atoms with E-state index in [4.69, 9.17) is 5.11 Å². The van der Waals surface area contributed by atoms with Gasteiger partial charge in [-0.2, -0.15) is 4.39 Å². The Morgan fingerprint density at radius 1 is 1.05 bits per heavy atom. The first-order valence-electron chi connectivity index (χ1n) is 5.51. The van der Waals surface area contributed by atoms with Gasteiger partial charge in [0.1, 0.15) is 5.75 Å². The van der Waals surface area contributed by atoms with Crippen molar-refractivity contribution >= 4 is 0 Å². The lowest BCUT2D eigenvalue weighted by Gasteiger charge is -2.09. The summed E-state index contributed by atoms with van der Waals surface area (Å²) in [6.45, 7) is -0.475. The maximum Gasteiger partial charge on any atom is 0.573 e. The van der Waals surface area contributed by atoms with E-state index in [1.807, 2.05) is 0 Å². The van der Waals surface area contributed by atoms with Crippen LogP contribution in [0.5, 0.6) is 5.75 Å². The fourth-order valence-electron chi connectivity index (χ4n) is 1.57. The summed E-state index contributed by atoms with van der Waals surface area (Å²) in [6, 6.07) is 7.72. The predicted octanol–water partition coefficient (Wildman–Crippen LogP) is 3.28. The SMILES string of the molecule is OCc1ccc(-c2ccc(OC(F)(F)F)cc2)nc1F. The third-order valence-corrected chi connectivity index (χ3v) is 2.48. The molecule has 0 aliphatic rings. The molecule has 0 saturated carbocycles. The van der Waals surface area contributed by atoms with E-state index in [-0.39, 0.29) is 17.0 Å². The number of hydrogen-bond donors (Lipinski definition) is 1. The van der Waals surface area contributed by atoms with Gasteiger partial charge in [-0.25, -0.2) is 4.98 Å². The van der Waals surface area contributed by atoms with E-state index in [2.05, 4.69) is 9.72 Å². The van der Waals surface area contributed by atoms with E-state index < -0.39 is 18.9 Å². The molecule has 1 N–H and O–H groups in total. The molecule has 0 unspecified atom stereocenters. The van der Waals surface area contributed by atoms with Crippen molar-refractivity contribution in [1.82, 2.24) is 4.98 Å². The number of hydrogen-bond acceptors (Lipinski definition) is 3. The molecule has 0 amide bonds. The third kappa shape index (κ3) is 3.45. The number of rotatable bonds is 3. The topological polar surface area (TPSA) is 42.4 Å². The van der Waals surface area contributed by atoms with Crippen molar-refractivity contribution in [2.24, 2.45) is 0 Å². The smallest absolute Gasteiger partial charge is 0.406 e. The number of aromatic nitrogens is 1. The van der Waals surface area contributed by atoms with Crippen molar-refractivity contribution in [3.63, 3.8) is 0 Å². The van der Waals surface area contributed by atoms with Crippen LogP contribution >= 0.6 is 0 Å². The lowest BCUT2D eigenvalue weighted by atomic mass is 10.1. The highest BCUT2D eigenvalue weighted by Gasteiger charge is 2.30. The van der Waals surface area contributed by atoms with Crippen LogP contribution in [-0.4, -0.2) is 16.5 Å². The molecule has 106 valence electrons. The first kappa shape index (κ1) is 14.3. The zero-order chi connectivity index (χ0) is 14.8. The second-order valence-electron chi connectivity index (χ2n) is 3.88. The molecule has 0 aliphatic carbocycles. The first-order valence-corrected chi connectivity index (χ1v) is 5.51. The summed E-state index contributed by atoms with van der Waals surface area (Å²) >= 11 is 0. The number of pyridine rings is 1. The summed E-state index contributed by atoms with van der Waals surface area (Å²) in [5.41, 5.74) is 0.729. The third-order valence-electron chi connectivity index (χ3n) is 2.48. The summed E-state index contributed by atoms with van der Waals surface area (Å²) in [7, 11) is 0. The van der Waals surface area contributed by atoms with E-state index in [0.29, 0.717) is 5.56 Å². The summed E-state index contributed by atoms with van der Waals surface area (Å²) in [5.74, 6) is -1.19. The molecule has 3 nitrogen and oxygen atoms in total. The largest absolute Gasteiger partial charge is 0.573 e. The minimum Gasteiger partial charge on any atom is -0.406 e. The van der Waals surface area contributed by atoms with Crippen LogP contribution < -0.4 is 4.74 Å². The Hall–Kier alpha value is -2.15. The molecule has 20 heavy (non-hydrogen) atoms. The molecule has 0 atom stereocenters. The Kier molecular flexibility index (Phi) is 3.89. The van der Waals surface area contributed by atoms with Crippen LogP contribution in [0.2, 0.25) is 0 Å². The van der Waals surface area contributed by atoms with Crippen molar-refractivity contribution < 1.29 is 27.4 Å². The van der Waals surface area contributed by atoms with Crippen molar-refractivity contribution in [3.05, 3.63) is 47.9 Å². The maximum absolute atomic E-state index is 13.4. The molecule has 0 saturated heterocycles. The minimum absolute atomic E-state index is 0.0470. The number of nitrogens with zero attached hydrogens (tertiary/aromatic N) is 1. The van der Waals surface area contributed by atoms with E-state index in [1.54, 1.807) is 0 Å². The molecular weight excluding hydrogens is 278 g/mol. The number of ether oxygens (including phenoxy) is 1. The zero-order valence-corrected chi connectivity index (χ0v) is 9.99. The Balaban J connectivity index is 2.24. The molecule has 7 heteroatoms. The predicted molar refractivity (Wildman–Crippen MR) is 62.2 cm³/mol. The van der Waals surface area contributed by atoms with Gasteiger partial charge in [0.15, 0.2) is 0 Å². The molecule has 0 radical (unpaired) electrons. The molecule has 0 spiro atoms. The number of benzene rings is 1. The lowest BCUT2D eigenvalue weighted by molar-refractivity contribution is -0.274. The number of alkyl halides is 3. The normalized spacial score (nSPS) is 11.4. The van der Waals surface area contributed by atoms with Gasteiger partial charge in [-0.05, 0) is 36.4 Å². The van der Waals surface area contributed by atoms with Gasteiger partial charge in [-0.1, -0.05) is 0 Å². The standard InChI is InChI=1S/C13H9F4NO2/c14-12-9(7-19)3-6-11(18-12)8-1-4-10(5-2-8)20-13(15,16)17/h1-6,19H,7H2. The molecule has 1 aromatic heterocycles. The number of aliphatic hydroxyl groups is 1. The van der Waals surface area contributed by atoms with Crippen molar-refractivity contribution in [3.8, 4) is 17.0 Å². The Morgan fingerprint density at radius 3 is 2.20 bits per heavy atom. The van der Waals surface area contributed by atoms with E-state index in [9.17, 15) is 17.6 Å². The van der Waals surface area contributed by atoms with E-state index in [1.165, 1.54) is 24.3 Å². The highest BCUT2D eigenvalue weighted by atomic mass is 19.4. The fraction of sp³-hybridized carbons (Fsp3) is 0.154. The molecule has 1 aromatic carbocycles. The summed E-state index contributed by atoms with van der Waals surface area (Å²) in [6.07, 6.45) is -4.76. The molecule has 0 fully saturated rings. The summed E-state index contributed by atoms with van der Waals surface area (Å²) < 4.78 is 53.1. The average molecular weight is 287 g/mol. The van der Waals surface area contributed by atoms with Crippen LogP contribution in [0, 0.1) is 5.95 Å². The highest BCUT2D eigenvalue weighted by Crippen LogP contribution is 2.26. The lowest BCUT2D eigenvalue weighted by Crippen LogP contribution is -2.16. The van der Waals surface area contributed by atoms with Crippen LogP contribution in [-0.2, 0) is 6.61 Å². The van der Waals surface area contributed by atoms with Gasteiger partial charge in [-0.15, -0.1) is 13.2 Å². The second kappa shape index (κ2) is 5.46. The average Bonchev–Trinajstić information content (AvgIpc) is 2.37. The molecule has 2 rings (SSSR count). The molecule has 2 aromatic rings. The van der Waals surface area contributed by atoms with Crippen LogP contribution in [0.3, 0.4) is 0 Å². The monoisotopic (exact) mass is 287 g/mol. The summed E-state index contributed by atoms with van der Waals surface area (Å²) in [5, 5.41) is 8.82. The fourth-order valence-corrected chi connectivity index (χ4v) is 1.57. The Labute approximate surface area is 111 Å². The van der Waals surface area contributed by atoms with Gasteiger partial charge < -0.3 is 9.84 Å². The van der Waals surface area contributed by atoms with Gasteiger partial charge in [0, 0.05) is 11.1 Å². The molecule has 0 bridgehead atoms.